The molecule has 0 saturated heterocycles. The van der Waals surface area contributed by atoms with Crippen LogP contribution in [-0.4, -0.2) is 29.8 Å². The number of rotatable bonds is 6. The lowest BCUT2D eigenvalue weighted by Gasteiger charge is -2.24. The first kappa shape index (κ1) is 27.5. The fraction of sp³-hybridized carbons (Fsp3) is 0.226. The van der Waals surface area contributed by atoms with Crippen LogP contribution in [0.4, 0.5) is 0 Å². The molecule has 8 nitrogen and oxygen atoms in total. The zero-order chi connectivity index (χ0) is 28.1. The van der Waals surface area contributed by atoms with Crippen molar-refractivity contribution in [3.8, 4) is 17.2 Å². The molecule has 1 atom stereocenters. The Bertz CT molecular complexity index is 1610. The molecule has 0 saturated carbocycles. The second-order valence-corrected chi connectivity index (χ2v) is 9.08. The van der Waals surface area contributed by atoms with Crippen LogP contribution in [0.1, 0.15) is 43.4 Å². The van der Waals surface area contributed by atoms with Crippen molar-refractivity contribution in [2.24, 2.45) is 0 Å². The first-order valence-corrected chi connectivity index (χ1v) is 12.9. The minimum Gasteiger partial charge on any atom is -0.872 e. The van der Waals surface area contributed by atoms with E-state index < -0.39 is 34.2 Å². The highest BCUT2D eigenvalue weighted by molar-refractivity contribution is 5.86. The SMILES string of the molecule is CC[NH+](CC)CC.O=c1oc2ccccc2c([O-])c1C(c1ccccc1O)c1c(O)c2ccccc2oc1=O. The fourth-order valence-corrected chi connectivity index (χ4v) is 4.72. The van der Waals surface area contributed by atoms with Crippen LogP contribution in [0.2, 0.25) is 0 Å². The molecule has 8 heteroatoms. The van der Waals surface area contributed by atoms with Gasteiger partial charge in [-0.15, -0.1) is 0 Å². The fourth-order valence-electron chi connectivity index (χ4n) is 4.72. The number of phenolic OH excluding ortho intramolecular Hbond substituents is 1. The first-order chi connectivity index (χ1) is 18.8. The van der Waals surface area contributed by atoms with E-state index in [1.807, 2.05) is 0 Å². The number of para-hydroxylation sites is 3. The van der Waals surface area contributed by atoms with E-state index in [1.165, 1.54) is 50.0 Å². The number of phenols is 1. The Morgan fingerprint density at radius 2 is 1.21 bits per heavy atom. The molecule has 2 heterocycles. The lowest BCUT2D eigenvalue weighted by Crippen LogP contribution is -3.11. The van der Waals surface area contributed by atoms with Gasteiger partial charge in [-0.3, -0.25) is 0 Å². The van der Waals surface area contributed by atoms with E-state index in [4.69, 9.17) is 8.83 Å². The molecule has 0 radical (unpaired) electrons. The molecular formula is C31H31NO7. The van der Waals surface area contributed by atoms with Crippen molar-refractivity contribution in [3.63, 3.8) is 0 Å². The largest absolute Gasteiger partial charge is 0.872 e. The minimum absolute atomic E-state index is 0.0741. The molecule has 0 fully saturated rings. The summed E-state index contributed by atoms with van der Waals surface area (Å²) >= 11 is 0. The maximum Gasteiger partial charge on any atom is 0.344 e. The van der Waals surface area contributed by atoms with E-state index in [2.05, 4.69) is 20.8 Å². The minimum atomic E-state index is -1.43. The third-order valence-electron chi connectivity index (χ3n) is 6.94. The van der Waals surface area contributed by atoms with Crippen LogP contribution in [0.25, 0.3) is 21.9 Å². The van der Waals surface area contributed by atoms with E-state index in [1.54, 1.807) is 47.4 Å². The van der Waals surface area contributed by atoms with Crippen LogP contribution in [-0.2, 0) is 0 Å². The molecule has 3 aromatic carbocycles. The Hall–Kier alpha value is -4.56. The van der Waals surface area contributed by atoms with Crippen molar-refractivity contribution in [1.29, 1.82) is 0 Å². The van der Waals surface area contributed by atoms with Crippen LogP contribution in [0.3, 0.4) is 0 Å². The summed E-state index contributed by atoms with van der Waals surface area (Å²) in [4.78, 5) is 27.7. The summed E-state index contributed by atoms with van der Waals surface area (Å²) in [7, 11) is 0. The Kier molecular flexibility index (Phi) is 8.36. The van der Waals surface area contributed by atoms with Gasteiger partial charge < -0.3 is 29.1 Å². The van der Waals surface area contributed by atoms with Crippen molar-refractivity contribution >= 4 is 21.9 Å². The van der Waals surface area contributed by atoms with Gasteiger partial charge in [-0.05, 0) is 45.0 Å². The molecule has 0 aliphatic rings. The highest BCUT2D eigenvalue weighted by Crippen LogP contribution is 2.43. The molecule has 1 unspecified atom stereocenters. The third kappa shape index (κ3) is 5.37. The van der Waals surface area contributed by atoms with Gasteiger partial charge in [-0.1, -0.05) is 54.3 Å². The summed E-state index contributed by atoms with van der Waals surface area (Å²) in [6, 6.07) is 18.5. The molecule has 5 aromatic rings. The van der Waals surface area contributed by atoms with Gasteiger partial charge in [0.2, 0.25) is 0 Å². The van der Waals surface area contributed by atoms with Crippen LogP contribution in [0.15, 0.2) is 91.2 Å². The molecule has 0 spiro atoms. The van der Waals surface area contributed by atoms with Crippen LogP contribution >= 0.6 is 0 Å². The van der Waals surface area contributed by atoms with Gasteiger partial charge in [0.1, 0.15) is 22.7 Å². The molecular weight excluding hydrogens is 498 g/mol. The quantitative estimate of drug-likeness (QED) is 0.287. The molecule has 39 heavy (non-hydrogen) atoms. The lowest BCUT2D eigenvalue weighted by molar-refractivity contribution is -0.894. The van der Waals surface area contributed by atoms with Gasteiger partial charge in [-0.2, -0.15) is 0 Å². The van der Waals surface area contributed by atoms with Gasteiger partial charge in [0.15, 0.2) is 0 Å². The van der Waals surface area contributed by atoms with Crippen LogP contribution in [0, 0.1) is 0 Å². The standard InChI is InChI=1S/C25H16O7.C6H15N/c26-16-10-4-1-7-13(16)19(20-22(27)14-8-2-5-11-17(14)31-24(20)29)21-23(28)15-9-3-6-12-18(15)32-25(21)30;1-4-7(5-2)6-3/h1-12,19,26-28H;4-6H2,1-3H3. The molecule has 0 amide bonds. The van der Waals surface area contributed by atoms with E-state index in [-0.39, 0.29) is 38.8 Å². The molecule has 5 rings (SSSR count). The lowest BCUT2D eigenvalue weighted by atomic mass is 9.84. The second kappa shape index (κ2) is 11.9. The second-order valence-electron chi connectivity index (χ2n) is 9.08. The molecule has 0 aliphatic carbocycles. The van der Waals surface area contributed by atoms with E-state index in [0.29, 0.717) is 0 Å². The number of nitrogens with one attached hydrogen (secondary N) is 1. The number of quaternary nitrogens is 1. The van der Waals surface area contributed by atoms with Gasteiger partial charge in [0, 0.05) is 16.5 Å². The van der Waals surface area contributed by atoms with Crippen molar-refractivity contribution in [2.45, 2.75) is 26.7 Å². The van der Waals surface area contributed by atoms with Crippen LogP contribution in [0.5, 0.6) is 17.2 Å². The molecule has 3 N–H and O–H groups in total. The zero-order valence-electron chi connectivity index (χ0n) is 22.1. The van der Waals surface area contributed by atoms with Crippen LogP contribution < -0.4 is 21.3 Å². The van der Waals surface area contributed by atoms with Gasteiger partial charge in [0.05, 0.1) is 36.5 Å². The maximum atomic E-state index is 13.4. The number of hydrogen-bond acceptors (Lipinski definition) is 7. The highest BCUT2D eigenvalue weighted by atomic mass is 16.4. The predicted molar refractivity (Wildman–Crippen MR) is 148 cm³/mol. The monoisotopic (exact) mass is 529 g/mol. The predicted octanol–water partition coefficient (Wildman–Crippen LogP) is 3.50. The van der Waals surface area contributed by atoms with Gasteiger partial charge in [0.25, 0.3) is 0 Å². The number of aromatic hydroxyl groups is 2. The van der Waals surface area contributed by atoms with Crippen molar-refractivity contribution in [1.82, 2.24) is 0 Å². The Morgan fingerprint density at radius 3 is 1.77 bits per heavy atom. The van der Waals surface area contributed by atoms with Crippen molar-refractivity contribution in [3.05, 3.63) is 110 Å². The summed E-state index contributed by atoms with van der Waals surface area (Å²) < 4.78 is 10.7. The highest BCUT2D eigenvalue weighted by Gasteiger charge is 2.31. The molecule has 0 aliphatic heterocycles. The van der Waals surface area contributed by atoms with E-state index in [0.717, 1.165) is 0 Å². The van der Waals surface area contributed by atoms with Crippen molar-refractivity contribution < 1.29 is 29.1 Å². The number of hydrogen-bond donors (Lipinski definition) is 3. The zero-order valence-corrected chi connectivity index (χ0v) is 22.1. The number of benzene rings is 3. The van der Waals surface area contributed by atoms with Crippen molar-refractivity contribution in [2.75, 3.05) is 19.6 Å². The molecule has 2 aromatic heterocycles. The van der Waals surface area contributed by atoms with Gasteiger partial charge >= 0.3 is 11.3 Å². The Labute approximate surface area is 225 Å². The normalized spacial score (nSPS) is 11.9. The number of fused-ring (bicyclic) bond motifs is 2. The summed E-state index contributed by atoms with van der Waals surface area (Å²) in [5.74, 6) is -2.81. The third-order valence-corrected chi connectivity index (χ3v) is 6.94. The maximum absolute atomic E-state index is 13.4. The molecule has 0 bridgehead atoms. The summed E-state index contributed by atoms with van der Waals surface area (Å²) in [5.41, 5.74) is -2.37. The summed E-state index contributed by atoms with van der Waals surface area (Å²) in [6.45, 7) is 10.5. The summed E-state index contributed by atoms with van der Waals surface area (Å²) in [6.07, 6.45) is 0. The average molecular weight is 530 g/mol. The topological polar surface area (TPSA) is 128 Å². The Morgan fingerprint density at radius 1 is 0.718 bits per heavy atom. The van der Waals surface area contributed by atoms with E-state index >= 15 is 0 Å². The Balaban J connectivity index is 0.000000448. The molecule has 202 valence electrons. The first-order valence-electron chi connectivity index (χ1n) is 12.9. The average Bonchev–Trinajstić information content (AvgIpc) is 2.94. The smallest absolute Gasteiger partial charge is 0.344 e. The van der Waals surface area contributed by atoms with Gasteiger partial charge in [-0.25, -0.2) is 9.59 Å². The summed E-state index contributed by atoms with van der Waals surface area (Å²) in [5, 5.41) is 35.3. The van der Waals surface area contributed by atoms with E-state index in [9.17, 15) is 24.9 Å².